The van der Waals surface area contributed by atoms with Crippen LogP contribution < -0.4 is 15.4 Å². The number of alkyl halides is 5. The molecular weight excluding hydrogens is 501 g/mol. The van der Waals surface area contributed by atoms with Gasteiger partial charge in [-0.05, 0) is 12.0 Å². The molecule has 1 aliphatic heterocycles. The summed E-state index contributed by atoms with van der Waals surface area (Å²) >= 11 is 0. The summed E-state index contributed by atoms with van der Waals surface area (Å²) in [6.07, 6.45) is -2.38. The number of halogens is 5. The van der Waals surface area contributed by atoms with Crippen LogP contribution in [0.4, 0.5) is 27.8 Å². The Balaban J connectivity index is 1.85. The van der Waals surface area contributed by atoms with Crippen LogP contribution >= 0.6 is 0 Å². The summed E-state index contributed by atoms with van der Waals surface area (Å²) < 4.78 is 72.4. The smallest absolute Gasteiger partial charge is 0.434 e. The molecule has 3 heterocycles. The van der Waals surface area contributed by atoms with E-state index in [4.69, 9.17) is 10.1 Å². The molecule has 200 valence electrons. The molecule has 2 unspecified atom stereocenters. The quantitative estimate of drug-likeness (QED) is 0.356. The lowest BCUT2D eigenvalue weighted by atomic mass is 9.87. The maximum absolute atomic E-state index is 14.5. The summed E-state index contributed by atoms with van der Waals surface area (Å²) in [6, 6.07) is 3.91. The molecule has 37 heavy (non-hydrogen) atoms. The number of nitrogens with one attached hydrogen (secondary N) is 3. The Hall–Kier alpha value is -3.84. The minimum atomic E-state index is -4.66. The number of aromatic nitrogens is 3. The van der Waals surface area contributed by atoms with Gasteiger partial charge >= 0.3 is 6.18 Å². The summed E-state index contributed by atoms with van der Waals surface area (Å²) in [6.45, 7) is 0.510. The van der Waals surface area contributed by atoms with E-state index in [9.17, 15) is 26.7 Å². The molecule has 2 aromatic rings. The van der Waals surface area contributed by atoms with Gasteiger partial charge in [-0.3, -0.25) is 10.2 Å². The van der Waals surface area contributed by atoms with Crippen LogP contribution in [0.2, 0.25) is 0 Å². The zero-order chi connectivity index (χ0) is 27.4. The highest BCUT2D eigenvalue weighted by molar-refractivity contribution is 6.54. The molecule has 0 bridgehead atoms. The van der Waals surface area contributed by atoms with Crippen molar-refractivity contribution in [1.82, 2.24) is 25.2 Å². The lowest BCUT2D eigenvalue weighted by Gasteiger charge is -2.43. The van der Waals surface area contributed by atoms with Crippen molar-refractivity contribution in [3.63, 3.8) is 0 Å². The number of carbonyl (C=O) groups excluding carboxylic acids is 1. The van der Waals surface area contributed by atoms with Gasteiger partial charge in [0.25, 0.3) is 11.8 Å². The minimum Gasteiger partial charge on any atom is -0.481 e. The molecule has 9 nitrogen and oxygen atoms in total. The van der Waals surface area contributed by atoms with Gasteiger partial charge in [-0.25, -0.2) is 23.7 Å². The van der Waals surface area contributed by atoms with Gasteiger partial charge in [0.1, 0.15) is 11.5 Å². The number of anilines is 1. The average molecular weight is 527 g/mol. The predicted octanol–water partition coefficient (Wildman–Crippen LogP) is 3.46. The maximum atomic E-state index is 14.5. The van der Waals surface area contributed by atoms with Gasteiger partial charge in [0.2, 0.25) is 5.88 Å². The van der Waals surface area contributed by atoms with Crippen molar-refractivity contribution in [3.8, 4) is 5.88 Å². The SMILES string of the molecule is CN/C=C(\C(=N)C(=O)N1CC(F)(F)CC(C)C1CNc1cnc(C(F)(F)F)cn1)c1cccc(OC)n1. The molecule has 1 fully saturated rings. The zero-order valence-corrected chi connectivity index (χ0v) is 20.2. The third-order valence-corrected chi connectivity index (χ3v) is 5.76. The number of likely N-dealkylation sites (tertiary alicyclic amines) is 1. The number of pyridine rings is 1. The van der Waals surface area contributed by atoms with E-state index in [1.54, 1.807) is 25.2 Å². The number of methoxy groups -OCH3 is 1. The molecule has 0 radical (unpaired) electrons. The average Bonchev–Trinajstić information content (AvgIpc) is 2.84. The number of piperidine rings is 1. The first kappa shape index (κ1) is 27.7. The Morgan fingerprint density at radius 3 is 2.62 bits per heavy atom. The Kier molecular flexibility index (Phi) is 8.28. The second-order valence-corrected chi connectivity index (χ2v) is 8.49. The molecule has 2 atom stereocenters. The van der Waals surface area contributed by atoms with Crippen molar-refractivity contribution in [1.29, 1.82) is 5.41 Å². The van der Waals surface area contributed by atoms with Gasteiger partial charge in [-0.15, -0.1) is 0 Å². The largest absolute Gasteiger partial charge is 0.481 e. The number of rotatable bonds is 8. The summed E-state index contributed by atoms with van der Waals surface area (Å²) in [5.74, 6) is -4.64. The number of nitrogens with zero attached hydrogens (tertiary/aromatic N) is 4. The molecule has 3 rings (SSSR count). The molecule has 3 N–H and O–H groups in total. The van der Waals surface area contributed by atoms with Crippen molar-refractivity contribution >= 4 is 23.0 Å². The van der Waals surface area contributed by atoms with Crippen molar-refractivity contribution < 1.29 is 31.5 Å². The lowest BCUT2D eigenvalue weighted by molar-refractivity contribution is -0.145. The van der Waals surface area contributed by atoms with E-state index in [0.717, 1.165) is 11.1 Å². The predicted molar refractivity (Wildman–Crippen MR) is 125 cm³/mol. The second-order valence-electron chi connectivity index (χ2n) is 8.49. The number of carbonyl (C=O) groups is 1. The summed E-state index contributed by atoms with van der Waals surface area (Å²) in [5, 5.41) is 14.0. The number of amides is 1. The van der Waals surface area contributed by atoms with Gasteiger partial charge in [-0.2, -0.15) is 13.2 Å². The minimum absolute atomic E-state index is 0.0173. The van der Waals surface area contributed by atoms with Crippen molar-refractivity contribution in [2.24, 2.45) is 5.92 Å². The molecule has 1 amide bonds. The third-order valence-electron chi connectivity index (χ3n) is 5.76. The third kappa shape index (κ3) is 6.68. The van der Waals surface area contributed by atoms with Crippen LogP contribution in [0.15, 0.2) is 36.8 Å². The van der Waals surface area contributed by atoms with Gasteiger partial charge in [-0.1, -0.05) is 13.0 Å². The van der Waals surface area contributed by atoms with Crippen LogP contribution in [0.1, 0.15) is 24.7 Å². The highest BCUT2D eigenvalue weighted by Gasteiger charge is 2.47. The monoisotopic (exact) mass is 527 g/mol. The van der Waals surface area contributed by atoms with Crippen LogP contribution in [0, 0.1) is 11.3 Å². The first-order valence-corrected chi connectivity index (χ1v) is 11.2. The van der Waals surface area contributed by atoms with E-state index >= 15 is 0 Å². The van der Waals surface area contributed by atoms with Crippen molar-refractivity contribution in [3.05, 3.63) is 48.2 Å². The van der Waals surface area contributed by atoms with E-state index in [1.807, 2.05) is 0 Å². The van der Waals surface area contributed by atoms with E-state index in [0.29, 0.717) is 6.20 Å². The van der Waals surface area contributed by atoms with Crippen LogP contribution in [0.3, 0.4) is 0 Å². The van der Waals surface area contributed by atoms with Gasteiger partial charge in [0.15, 0.2) is 5.69 Å². The first-order chi connectivity index (χ1) is 17.4. The van der Waals surface area contributed by atoms with Crippen LogP contribution in [0.5, 0.6) is 5.88 Å². The van der Waals surface area contributed by atoms with E-state index in [1.165, 1.54) is 20.2 Å². The van der Waals surface area contributed by atoms with Gasteiger partial charge < -0.3 is 20.3 Å². The molecule has 14 heteroatoms. The fraction of sp³-hybridized carbons (Fsp3) is 0.435. The molecule has 0 saturated carbocycles. The fourth-order valence-electron chi connectivity index (χ4n) is 4.01. The zero-order valence-electron chi connectivity index (χ0n) is 20.2. The van der Waals surface area contributed by atoms with Gasteiger partial charge in [0.05, 0.1) is 37.8 Å². The molecule has 0 aromatic carbocycles. The Morgan fingerprint density at radius 2 is 2.03 bits per heavy atom. The van der Waals surface area contributed by atoms with E-state index in [2.05, 4.69) is 25.6 Å². The molecule has 2 aromatic heterocycles. The first-order valence-electron chi connectivity index (χ1n) is 11.2. The lowest BCUT2D eigenvalue weighted by Crippen LogP contribution is -2.58. The van der Waals surface area contributed by atoms with Crippen molar-refractivity contribution in [2.45, 2.75) is 31.5 Å². The van der Waals surface area contributed by atoms with Gasteiger partial charge in [0, 0.05) is 37.9 Å². The normalized spacial score (nSPS) is 19.8. The Labute approximate surface area is 209 Å². The maximum Gasteiger partial charge on any atom is 0.434 e. The number of hydrogen-bond acceptors (Lipinski definition) is 8. The molecule has 0 aliphatic carbocycles. The highest BCUT2D eigenvalue weighted by atomic mass is 19.4. The van der Waals surface area contributed by atoms with Crippen molar-refractivity contribution in [2.75, 3.05) is 32.6 Å². The Morgan fingerprint density at radius 1 is 1.30 bits per heavy atom. The standard InChI is InChI=1S/C23H26F5N7O2/c1-13-7-22(24,25)12-35(16(13)9-32-18-11-31-17(10-33-18)23(26,27)28)21(36)20(29)14(8-30-2)15-5-4-6-19(34-15)37-3/h4-6,8,10-11,13,16,29-30H,7,9,12H2,1-3H3,(H,32,33)/b14-8-,29-20?. The number of hydrogen-bond donors (Lipinski definition) is 3. The summed E-state index contributed by atoms with van der Waals surface area (Å²) in [4.78, 5) is 25.5. The van der Waals surface area contributed by atoms with Crippen LogP contribution in [0.25, 0.3) is 5.57 Å². The Bertz CT molecular complexity index is 1150. The molecule has 1 saturated heterocycles. The van der Waals surface area contributed by atoms with E-state index in [-0.39, 0.29) is 29.5 Å². The number of ether oxygens (including phenoxy) is 1. The fourth-order valence-corrected chi connectivity index (χ4v) is 4.01. The topological polar surface area (TPSA) is 116 Å². The highest BCUT2D eigenvalue weighted by Crippen LogP contribution is 2.35. The molecular formula is C23H26F5N7O2. The van der Waals surface area contributed by atoms with Crippen LogP contribution in [-0.2, 0) is 11.0 Å². The summed E-state index contributed by atoms with van der Waals surface area (Å²) in [7, 11) is 2.95. The van der Waals surface area contributed by atoms with Crippen LogP contribution in [-0.4, -0.2) is 70.7 Å². The molecule has 1 aliphatic rings. The second kappa shape index (κ2) is 11.0. The summed E-state index contributed by atoms with van der Waals surface area (Å²) in [5.41, 5.74) is -1.46. The van der Waals surface area contributed by atoms with E-state index < -0.39 is 54.3 Å². The molecule has 0 spiro atoms.